The van der Waals surface area contributed by atoms with E-state index in [9.17, 15) is 9.59 Å². The van der Waals surface area contributed by atoms with Gasteiger partial charge in [-0.05, 0) is 33.7 Å². The Kier molecular flexibility index (Phi) is 12.7. The van der Waals surface area contributed by atoms with Gasteiger partial charge in [0.25, 0.3) is 0 Å². The van der Waals surface area contributed by atoms with E-state index in [1.807, 2.05) is 25.7 Å². The maximum Gasteiger partial charge on any atom is 0.500 e. The van der Waals surface area contributed by atoms with E-state index in [4.69, 9.17) is 23.5 Å². The van der Waals surface area contributed by atoms with Crippen molar-refractivity contribution < 1.29 is 33.1 Å². The van der Waals surface area contributed by atoms with E-state index >= 15 is 0 Å². The first-order chi connectivity index (χ1) is 11.4. The molecule has 0 aliphatic carbocycles. The second-order valence-electron chi connectivity index (χ2n) is 5.21. The molecule has 2 N–H and O–H groups in total. The van der Waals surface area contributed by atoms with Gasteiger partial charge in [-0.1, -0.05) is 0 Å². The summed E-state index contributed by atoms with van der Waals surface area (Å²) in [6.07, 6.45) is 0.681. The minimum atomic E-state index is -2.71. The van der Waals surface area contributed by atoms with Crippen molar-refractivity contribution in [3.8, 4) is 0 Å². The van der Waals surface area contributed by atoms with Gasteiger partial charge >= 0.3 is 20.7 Å². The van der Waals surface area contributed by atoms with E-state index in [0.717, 1.165) is 0 Å². The standard InChI is InChI=1S/C15H31NO7Si/c1-4-21-24(22-5-2,23-6-3)13-7-10-16(11-8-14(17)18)12-9-15(19)20/h4-13H2,1-3H3,(H,17,18)(H,19,20). The SMILES string of the molecule is CCO[Si](CCCN(CCC(=O)O)CCC(=O)O)(OCC)OCC. The number of aliphatic carboxylic acids is 2. The Morgan fingerprint density at radius 1 is 0.833 bits per heavy atom. The van der Waals surface area contributed by atoms with Crippen LogP contribution in [0.2, 0.25) is 6.04 Å². The minimum Gasteiger partial charge on any atom is -0.481 e. The molecule has 0 rings (SSSR count). The van der Waals surface area contributed by atoms with Crippen molar-refractivity contribution in [2.45, 2.75) is 46.1 Å². The fourth-order valence-electron chi connectivity index (χ4n) is 2.36. The molecule has 0 fully saturated rings. The highest BCUT2D eigenvalue weighted by molar-refractivity contribution is 6.60. The van der Waals surface area contributed by atoms with Crippen LogP contribution in [-0.2, 0) is 22.9 Å². The molecule has 142 valence electrons. The number of carboxylic acids is 2. The maximum atomic E-state index is 10.7. The van der Waals surface area contributed by atoms with Gasteiger partial charge in [0, 0.05) is 39.0 Å². The summed E-state index contributed by atoms with van der Waals surface area (Å²) >= 11 is 0. The molecule has 0 radical (unpaired) electrons. The number of carboxylic acid groups (broad SMARTS) is 2. The third-order valence-corrected chi connectivity index (χ3v) is 6.49. The van der Waals surface area contributed by atoms with Gasteiger partial charge in [-0.2, -0.15) is 0 Å². The molecule has 24 heavy (non-hydrogen) atoms. The molecular weight excluding hydrogens is 334 g/mol. The zero-order chi connectivity index (χ0) is 18.4. The van der Waals surface area contributed by atoms with Crippen molar-refractivity contribution in [1.29, 1.82) is 0 Å². The van der Waals surface area contributed by atoms with E-state index in [2.05, 4.69) is 0 Å². The summed E-state index contributed by atoms with van der Waals surface area (Å²) < 4.78 is 17.3. The summed E-state index contributed by atoms with van der Waals surface area (Å²) in [6, 6.07) is 0.624. The molecule has 0 aromatic carbocycles. The molecule has 0 aromatic rings. The summed E-state index contributed by atoms with van der Waals surface area (Å²) in [5, 5.41) is 17.6. The maximum absolute atomic E-state index is 10.7. The lowest BCUT2D eigenvalue weighted by atomic mass is 10.3. The molecule has 0 aliphatic heterocycles. The Balaban J connectivity index is 4.59. The van der Waals surface area contributed by atoms with Crippen LogP contribution in [0.1, 0.15) is 40.0 Å². The Labute approximate surface area is 145 Å². The first-order valence-electron chi connectivity index (χ1n) is 8.46. The van der Waals surface area contributed by atoms with Crippen LogP contribution in [0.15, 0.2) is 0 Å². The summed E-state index contributed by atoms with van der Waals surface area (Å²) in [5.41, 5.74) is 0. The Bertz CT molecular complexity index is 333. The van der Waals surface area contributed by atoms with Crippen molar-refractivity contribution >= 4 is 20.7 Å². The van der Waals surface area contributed by atoms with Crippen LogP contribution < -0.4 is 0 Å². The van der Waals surface area contributed by atoms with Crippen LogP contribution in [0.3, 0.4) is 0 Å². The Hall–Kier alpha value is -1.00. The van der Waals surface area contributed by atoms with Crippen molar-refractivity contribution in [2.24, 2.45) is 0 Å². The van der Waals surface area contributed by atoms with Gasteiger partial charge < -0.3 is 28.4 Å². The molecule has 0 bridgehead atoms. The first-order valence-corrected chi connectivity index (χ1v) is 10.4. The highest BCUT2D eigenvalue weighted by atomic mass is 28.4. The van der Waals surface area contributed by atoms with E-state index < -0.39 is 20.7 Å². The molecule has 8 nitrogen and oxygen atoms in total. The van der Waals surface area contributed by atoms with Gasteiger partial charge in [-0.15, -0.1) is 0 Å². The molecule has 0 saturated carbocycles. The zero-order valence-electron chi connectivity index (χ0n) is 15.0. The lowest BCUT2D eigenvalue weighted by Gasteiger charge is -2.29. The lowest BCUT2D eigenvalue weighted by molar-refractivity contribution is -0.137. The number of carbonyl (C=O) groups is 2. The summed E-state index contributed by atoms with van der Waals surface area (Å²) in [6.45, 7) is 8.45. The average Bonchev–Trinajstić information content (AvgIpc) is 2.50. The molecule has 0 saturated heterocycles. The van der Waals surface area contributed by atoms with Crippen molar-refractivity contribution in [1.82, 2.24) is 4.90 Å². The van der Waals surface area contributed by atoms with Gasteiger partial charge in [0.05, 0.1) is 12.8 Å². The molecule has 0 aromatic heterocycles. The van der Waals surface area contributed by atoms with Crippen LogP contribution in [0.5, 0.6) is 0 Å². The molecular formula is C15H31NO7Si. The third-order valence-electron chi connectivity index (χ3n) is 3.33. The number of hydrogen-bond acceptors (Lipinski definition) is 6. The van der Waals surface area contributed by atoms with Gasteiger partial charge in [0.2, 0.25) is 0 Å². The smallest absolute Gasteiger partial charge is 0.481 e. The fourth-order valence-corrected chi connectivity index (χ4v) is 4.96. The molecule has 0 amide bonds. The molecule has 9 heteroatoms. The second kappa shape index (κ2) is 13.3. The quantitative estimate of drug-likeness (QED) is 0.398. The monoisotopic (exact) mass is 365 g/mol. The minimum absolute atomic E-state index is 0.00935. The van der Waals surface area contributed by atoms with Crippen molar-refractivity contribution in [2.75, 3.05) is 39.5 Å². The van der Waals surface area contributed by atoms with Crippen LogP contribution in [-0.4, -0.2) is 75.3 Å². The number of rotatable bonds is 16. The van der Waals surface area contributed by atoms with E-state index in [0.29, 0.717) is 51.9 Å². The average molecular weight is 365 g/mol. The van der Waals surface area contributed by atoms with Crippen LogP contribution >= 0.6 is 0 Å². The first kappa shape index (κ1) is 23.0. The lowest BCUT2D eigenvalue weighted by Crippen LogP contribution is -2.46. The Morgan fingerprint density at radius 3 is 1.58 bits per heavy atom. The van der Waals surface area contributed by atoms with Crippen LogP contribution in [0.25, 0.3) is 0 Å². The molecule has 0 heterocycles. The van der Waals surface area contributed by atoms with E-state index in [-0.39, 0.29) is 12.8 Å². The van der Waals surface area contributed by atoms with Gasteiger partial charge in [-0.25, -0.2) is 0 Å². The predicted molar refractivity (Wildman–Crippen MR) is 91.0 cm³/mol. The van der Waals surface area contributed by atoms with Crippen molar-refractivity contribution in [3.05, 3.63) is 0 Å². The topological polar surface area (TPSA) is 106 Å². The fraction of sp³-hybridized carbons (Fsp3) is 0.867. The highest BCUT2D eigenvalue weighted by Gasteiger charge is 2.39. The van der Waals surface area contributed by atoms with E-state index in [1.54, 1.807) is 0 Å². The predicted octanol–water partition coefficient (Wildman–Crippen LogP) is 1.68. The van der Waals surface area contributed by atoms with Crippen LogP contribution in [0, 0.1) is 0 Å². The highest BCUT2D eigenvalue weighted by Crippen LogP contribution is 2.18. The number of nitrogens with zero attached hydrogens (tertiary/aromatic N) is 1. The molecule has 0 spiro atoms. The summed E-state index contributed by atoms with van der Waals surface area (Å²) in [5.74, 6) is -1.78. The molecule has 0 atom stereocenters. The zero-order valence-corrected chi connectivity index (χ0v) is 16.0. The third kappa shape index (κ3) is 10.7. The Morgan fingerprint density at radius 2 is 1.25 bits per heavy atom. The largest absolute Gasteiger partial charge is 0.500 e. The van der Waals surface area contributed by atoms with Gasteiger partial charge in [-0.3, -0.25) is 9.59 Å². The van der Waals surface area contributed by atoms with E-state index in [1.165, 1.54) is 0 Å². The summed E-state index contributed by atoms with van der Waals surface area (Å²) in [4.78, 5) is 23.3. The van der Waals surface area contributed by atoms with Gasteiger partial charge in [0.1, 0.15) is 0 Å². The molecule has 0 aliphatic rings. The second-order valence-corrected chi connectivity index (χ2v) is 7.95. The normalized spacial score (nSPS) is 11.8. The number of hydrogen-bond donors (Lipinski definition) is 2. The van der Waals surface area contributed by atoms with Crippen LogP contribution in [0.4, 0.5) is 0 Å². The molecule has 0 unspecified atom stereocenters. The summed E-state index contributed by atoms with van der Waals surface area (Å²) in [7, 11) is -2.71. The van der Waals surface area contributed by atoms with Crippen molar-refractivity contribution in [3.63, 3.8) is 0 Å². The van der Waals surface area contributed by atoms with Gasteiger partial charge in [0.15, 0.2) is 0 Å².